The summed E-state index contributed by atoms with van der Waals surface area (Å²) in [6.07, 6.45) is 0. The molecule has 0 aromatic heterocycles. The highest BCUT2D eigenvalue weighted by Crippen LogP contribution is 2.26. The highest BCUT2D eigenvalue weighted by atomic mass is 32.1. The molecule has 4 rings (SSSR count). The Labute approximate surface area is 285 Å². The van der Waals surface area contributed by atoms with Crippen LogP contribution in [-0.4, -0.2) is 42.6 Å². The number of anilines is 2. The van der Waals surface area contributed by atoms with Crippen LogP contribution in [0.15, 0.2) is 84.9 Å². The molecule has 9 heteroatoms. The zero-order valence-electron chi connectivity index (χ0n) is 27.4. The Hall–Kier alpha value is -3.31. The standard InChI is InChI=1S/C19H25N3OS.C18H25N3S/c1-13-5-3-8-18(14(13)2)22-19(23)16-7-4-6-15(9-16)10-21-11-17(20)12-24;1-12-5-3-8-17(13(12)2)18(20)14-6-4-7-16(9-14)21-10-15(19)11-22/h3-9,17,21,24H,10-12,20H2,1-2H3,(H,22,23);3-9,15,18,21-22H,10-11,19-20H2,1-2H3/t17-;15-,18?/m11/s1. The monoisotopic (exact) mass is 658 g/mol. The normalized spacial score (nSPS) is 12.8. The van der Waals surface area contributed by atoms with Crippen molar-refractivity contribution in [2.45, 2.75) is 52.4 Å². The summed E-state index contributed by atoms with van der Waals surface area (Å²) in [6.45, 7) is 10.4. The Morgan fingerprint density at radius 2 is 1.37 bits per heavy atom. The predicted molar refractivity (Wildman–Crippen MR) is 203 cm³/mol. The number of carbonyl (C=O) groups is 1. The van der Waals surface area contributed by atoms with Crippen LogP contribution in [-0.2, 0) is 6.54 Å². The SMILES string of the molecule is Cc1cccc(C(N)c2cccc(NC[C@@H](N)CS)c2)c1C.Cc1cccc(NC(=O)c2cccc(CNC[C@@H](N)CS)c2)c1C. The third-order valence-corrected chi connectivity index (χ3v) is 8.98. The molecule has 4 aromatic carbocycles. The number of nitrogens with one attached hydrogen (secondary N) is 3. The van der Waals surface area contributed by atoms with Crippen LogP contribution >= 0.6 is 25.3 Å². The number of hydrogen-bond acceptors (Lipinski definition) is 8. The summed E-state index contributed by atoms with van der Waals surface area (Å²) in [6, 6.07) is 28.0. The summed E-state index contributed by atoms with van der Waals surface area (Å²) in [7, 11) is 0. The van der Waals surface area contributed by atoms with Gasteiger partial charge in [-0.15, -0.1) is 0 Å². The van der Waals surface area contributed by atoms with Crippen LogP contribution in [0, 0.1) is 27.7 Å². The smallest absolute Gasteiger partial charge is 0.255 e. The van der Waals surface area contributed by atoms with Gasteiger partial charge in [0.05, 0.1) is 6.04 Å². The Kier molecular flexibility index (Phi) is 15.1. The molecule has 0 saturated carbocycles. The molecule has 7 nitrogen and oxygen atoms in total. The molecule has 1 amide bonds. The third-order valence-electron chi connectivity index (χ3n) is 8.04. The van der Waals surface area contributed by atoms with E-state index in [2.05, 4.69) is 85.4 Å². The van der Waals surface area contributed by atoms with Crippen LogP contribution in [0.4, 0.5) is 11.4 Å². The van der Waals surface area contributed by atoms with Gasteiger partial charge in [0.1, 0.15) is 0 Å². The van der Waals surface area contributed by atoms with Gasteiger partial charge in [0, 0.05) is 60.2 Å². The lowest BCUT2D eigenvalue weighted by atomic mass is 9.93. The fourth-order valence-electron chi connectivity index (χ4n) is 4.82. The molecule has 3 atom stereocenters. The van der Waals surface area contributed by atoms with Gasteiger partial charge in [-0.1, -0.05) is 54.6 Å². The van der Waals surface area contributed by atoms with Crippen LogP contribution in [0.3, 0.4) is 0 Å². The van der Waals surface area contributed by atoms with E-state index in [0.29, 0.717) is 36.7 Å². The molecule has 0 aliphatic carbocycles. The minimum Gasteiger partial charge on any atom is -0.383 e. The Balaban J connectivity index is 0.000000251. The van der Waals surface area contributed by atoms with Crippen molar-refractivity contribution >= 4 is 42.5 Å². The number of nitrogens with two attached hydrogens (primary N) is 3. The summed E-state index contributed by atoms with van der Waals surface area (Å²) in [5, 5.41) is 9.61. The molecule has 0 bridgehead atoms. The molecule has 9 N–H and O–H groups in total. The van der Waals surface area contributed by atoms with Crippen molar-refractivity contribution in [1.29, 1.82) is 0 Å². The molecule has 0 aliphatic rings. The van der Waals surface area contributed by atoms with Crippen molar-refractivity contribution in [1.82, 2.24) is 5.32 Å². The maximum atomic E-state index is 12.5. The average molecular weight is 659 g/mol. The van der Waals surface area contributed by atoms with Crippen molar-refractivity contribution in [3.05, 3.63) is 129 Å². The zero-order chi connectivity index (χ0) is 33.6. The summed E-state index contributed by atoms with van der Waals surface area (Å²) in [4.78, 5) is 12.5. The van der Waals surface area contributed by atoms with E-state index in [1.807, 2.05) is 68.4 Å². The van der Waals surface area contributed by atoms with Gasteiger partial charge in [0.25, 0.3) is 5.91 Å². The lowest BCUT2D eigenvalue weighted by Crippen LogP contribution is -2.34. The molecule has 1 unspecified atom stereocenters. The van der Waals surface area contributed by atoms with Crippen LogP contribution in [0.2, 0.25) is 0 Å². The largest absolute Gasteiger partial charge is 0.383 e. The lowest BCUT2D eigenvalue weighted by molar-refractivity contribution is 0.102. The molecular weight excluding hydrogens is 609 g/mol. The van der Waals surface area contributed by atoms with Crippen LogP contribution < -0.4 is 33.2 Å². The maximum Gasteiger partial charge on any atom is 0.255 e. The van der Waals surface area contributed by atoms with E-state index < -0.39 is 0 Å². The Bertz CT molecular complexity index is 1560. The topological polar surface area (TPSA) is 131 Å². The van der Waals surface area contributed by atoms with Crippen LogP contribution in [0.25, 0.3) is 0 Å². The second-order valence-corrected chi connectivity index (χ2v) is 12.4. The Morgan fingerprint density at radius 1 is 0.739 bits per heavy atom. The number of amides is 1. The summed E-state index contributed by atoms with van der Waals surface area (Å²) in [5.41, 5.74) is 28.8. The van der Waals surface area contributed by atoms with E-state index in [4.69, 9.17) is 17.2 Å². The van der Waals surface area contributed by atoms with Gasteiger partial charge in [-0.05, 0) is 97.0 Å². The highest BCUT2D eigenvalue weighted by Gasteiger charge is 2.13. The molecule has 0 heterocycles. The molecule has 0 aliphatic heterocycles. The summed E-state index contributed by atoms with van der Waals surface area (Å²) in [5.74, 6) is 1.21. The van der Waals surface area contributed by atoms with Gasteiger partial charge in [-0.2, -0.15) is 25.3 Å². The summed E-state index contributed by atoms with van der Waals surface area (Å²) >= 11 is 8.36. The second-order valence-electron chi connectivity index (χ2n) is 11.7. The van der Waals surface area contributed by atoms with Gasteiger partial charge in [0.15, 0.2) is 0 Å². The van der Waals surface area contributed by atoms with Gasteiger partial charge in [0.2, 0.25) is 0 Å². The number of carbonyl (C=O) groups excluding carboxylic acids is 1. The quantitative estimate of drug-likeness (QED) is 0.0842. The maximum absolute atomic E-state index is 12.5. The molecule has 4 aromatic rings. The van der Waals surface area contributed by atoms with Crippen molar-refractivity contribution in [3.8, 4) is 0 Å². The molecule has 46 heavy (non-hydrogen) atoms. The molecule has 0 spiro atoms. The van der Waals surface area contributed by atoms with E-state index in [9.17, 15) is 4.79 Å². The number of aryl methyl sites for hydroxylation is 2. The molecule has 0 saturated heterocycles. The van der Waals surface area contributed by atoms with Gasteiger partial charge >= 0.3 is 0 Å². The van der Waals surface area contributed by atoms with Crippen molar-refractivity contribution in [2.24, 2.45) is 17.2 Å². The number of hydrogen-bond donors (Lipinski definition) is 8. The molecule has 0 radical (unpaired) electrons. The first-order valence-corrected chi connectivity index (χ1v) is 16.9. The molecular formula is C37H50N6OS2. The first-order chi connectivity index (χ1) is 22.0. The molecule has 246 valence electrons. The number of thiol groups is 2. The number of benzene rings is 4. The predicted octanol–water partition coefficient (Wildman–Crippen LogP) is 5.92. The van der Waals surface area contributed by atoms with E-state index >= 15 is 0 Å². The van der Waals surface area contributed by atoms with Gasteiger partial charge in [-0.3, -0.25) is 4.79 Å². The summed E-state index contributed by atoms with van der Waals surface area (Å²) < 4.78 is 0. The Morgan fingerprint density at radius 3 is 2.09 bits per heavy atom. The minimum atomic E-state index is -0.125. The second kappa shape index (κ2) is 18.7. The minimum absolute atomic E-state index is 0.0316. The fourth-order valence-corrected chi connectivity index (χ4v) is 5.07. The number of rotatable bonds is 13. The highest BCUT2D eigenvalue weighted by molar-refractivity contribution is 7.80. The first kappa shape index (κ1) is 37.2. The fraction of sp³-hybridized carbons (Fsp3) is 0.324. The third kappa shape index (κ3) is 11.2. The first-order valence-electron chi connectivity index (χ1n) is 15.6. The van der Waals surface area contributed by atoms with E-state index in [1.165, 1.54) is 16.7 Å². The molecule has 0 fully saturated rings. The van der Waals surface area contributed by atoms with E-state index in [1.54, 1.807) is 0 Å². The van der Waals surface area contributed by atoms with Crippen molar-refractivity contribution in [3.63, 3.8) is 0 Å². The van der Waals surface area contributed by atoms with Gasteiger partial charge < -0.3 is 33.2 Å². The van der Waals surface area contributed by atoms with Crippen LogP contribution in [0.1, 0.15) is 55.3 Å². The van der Waals surface area contributed by atoms with Gasteiger partial charge in [-0.25, -0.2) is 0 Å². The van der Waals surface area contributed by atoms with Crippen LogP contribution in [0.5, 0.6) is 0 Å². The lowest BCUT2D eigenvalue weighted by Gasteiger charge is -2.18. The zero-order valence-corrected chi connectivity index (χ0v) is 29.2. The van der Waals surface area contributed by atoms with Crippen molar-refractivity contribution in [2.75, 3.05) is 35.2 Å². The average Bonchev–Trinajstić information content (AvgIpc) is 3.07. The van der Waals surface area contributed by atoms with E-state index in [-0.39, 0.29) is 24.0 Å². The van der Waals surface area contributed by atoms with E-state index in [0.717, 1.165) is 33.6 Å². The van der Waals surface area contributed by atoms with Crippen molar-refractivity contribution < 1.29 is 4.79 Å².